The van der Waals surface area contributed by atoms with Crippen LogP contribution in [0.5, 0.6) is 0 Å². The van der Waals surface area contributed by atoms with E-state index in [0.29, 0.717) is 10.9 Å². The molecule has 0 bridgehead atoms. The molecule has 1 aromatic carbocycles. The first kappa shape index (κ1) is 16.2. The molecule has 1 amide bonds. The van der Waals surface area contributed by atoms with Crippen molar-refractivity contribution in [1.82, 2.24) is 4.90 Å². The quantitative estimate of drug-likeness (QED) is 0.471. The number of thiophene rings is 1. The van der Waals surface area contributed by atoms with Crippen LogP contribution in [-0.2, 0) is 11.3 Å². The highest BCUT2D eigenvalue weighted by atomic mass is 35.5. The minimum Gasteiger partial charge on any atom is -0.337 e. The third-order valence-electron chi connectivity index (χ3n) is 2.92. The maximum Gasteiger partial charge on any atom is 0.269 e. The lowest BCUT2D eigenvalue weighted by Crippen LogP contribution is -2.23. The van der Waals surface area contributed by atoms with Crippen LogP contribution in [0.1, 0.15) is 10.4 Å². The minimum atomic E-state index is -0.460. The van der Waals surface area contributed by atoms with Crippen molar-refractivity contribution in [2.24, 2.45) is 0 Å². The average Bonchev–Trinajstić information content (AvgIpc) is 2.90. The zero-order chi connectivity index (χ0) is 16.1. The van der Waals surface area contributed by atoms with Gasteiger partial charge in [0.05, 0.1) is 15.8 Å². The molecule has 0 atom stereocenters. The van der Waals surface area contributed by atoms with Crippen molar-refractivity contribution in [2.75, 3.05) is 7.05 Å². The number of amides is 1. The lowest BCUT2D eigenvalue weighted by atomic mass is 10.2. The van der Waals surface area contributed by atoms with Crippen molar-refractivity contribution in [2.45, 2.75) is 6.54 Å². The van der Waals surface area contributed by atoms with E-state index >= 15 is 0 Å². The Balaban J connectivity index is 1.96. The van der Waals surface area contributed by atoms with Crippen molar-refractivity contribution in [1.29, 1.82) is 0 Å². The highest BCUT2D eigenvalue weighted by Crippen LogP contribution is 2.22. The van der Waals surface area contributed by atoms with Crippen molar-refractivity contribution < 1.29 is 9.72 Å². The van der Waals surface area contributed by atoms with Crippen LogP contribution in [-0.4, -0.2) is 22.8 Å². The van der Waals surface area contributed by atoms with Gasteiger partial charge in [-0.05, 0) is 35.9 Å². The molecular formula is C15H13ClN2O3S. The molecule has 5 nitrogen and oxygen atoms in total. The van der Waals surface area contributed by atoms with Gasteiger partial charge >= 0.3 is 0 Å². The van der Waals surface area contributed by atoms with Gasteiger partial charge in [-0.1, -0.05) is 11.6 Å². The maximum absolute atomic E-state index is 12.0. The summed E-state index contributed by atoms with van der Waals surface area (Å²) in [6.45, 7) is 0.487. The minimum absolute atomic E-state index is 0.0233. The molecule has 0 aliphatic heterocycles. The first-order valence-electron chi connectivity index (χ1n) is 6.37. The van der Waals surface area contributed by atoms with E-state index in [-0.39, 0.29) is 11.6 Å². The van der Waals surface area contributed by atoms with Crippen molar-refractivity contribution >= 4 is 40.6 Å². The average molecular weight is 337 g/mol. The summed E-state index contributed by atoms with van der Waals surface area (Å²) in [5.74, 6) is -0.150. The van der Waals surface area contributed by atoms with E-state index in [1.54, 1.807) is 36.2 Å². The molecule has 2 rings (SSSR count). The molecule has 0 fully saturated rings. The number of carbonyl (C=O) groups excluding carboxylic acids is 1. The standard InChI is InChI=1S/C15H13ClN2O3S/c1-17(10-13-7-8-14(16)22-13)15(19)9-4-11-2-5-12(6-3-11)18(20)21/h2-9H,10H2,1H3/b9-4+. The highest BCUT2D eigenvalue weighted by molar-refractivity contribution is 7.16. The van der Waals surface area contributed by atoms with Gasteiger partial charge in [0.1, 0.15) is 0 Å². The maximum atomic E-state index is 12.0. The molecule has 0 spiro atoms. The summed E-state index contributed by atoms with van der Waals surface area (Å²) in [7, 11) is 1.70. The molecule has 0 saturated heterocycles. The van der Waals surface area contributed by atoms with Gasteiger partial charge in [0.2, 0.25) is 5.91 Å². The lowest BCUT2D eigenvalue weighted by molar-refractivity contribution is -0.384. The van der Waals surface area contributed by atoms with Gasteiger partial charge in [-0.2, -0.15) is 0 Å². The molecule has 0 saturated carbocycles. The van der Waals surface area contributed by atoms with Crippen LogP contribution >= 0.6 is 22.9 Å². The fourth-order valence-electron chi connectivity index (χ4n) is 1.75. The summed E-state index contributed by atoms with van der Waals surface area (Å²) in [5.41, 5.74) is 0.752. The number of rotatable bonds is 5. The van der Waals surface area contributed by atoms with Gasteiger partial charge in [0.15, 0.2) is 0 Å². The largest absolute Gasteiger partial charge is 0.337 e. The fourth-order valence-corrected chi connectivity index (χ4v) is 2.89. The Labute approximate surface area is 136 Å². The Morgan fingerprint density at radius 2 is 2.00 bits per heavy atom. The predicted molar refractivity (Wildman–Crippen MR) is 87.9 cm³/mol. The number of non-ortho nitro benzene ring substituents is 1. The third kappa shape index (κ3) is 4.41. The Morgan fingerprint density at radius 3 is 2.55 bits per heavy atom. The summed E-state index contributed by atoms with van der Waals surface area (Å²) < 4.78 is 0.692. The van der Waals surface area contributed by atoms with Gasteiger partial charge in [-0.3, -0.25) is 14.9 Å². The van der Waals surface area contributed by atoms with Crippen LogP contribution in [0.15, 0.2) is 42.5 Å². The Morgan fingerprint density at radius 1 is 1.32 bits per heavy atom. The van der Waals surface area contributed by atoms with E-state index in [4.69, 9.17) is 11.6 Å². The topological polar surface area (TPSA) is 63.5 Å². The van der Waals surface area contributed by atoms with Crippen molar-refractivity contribution in [3.8, 4) is 0 Å². The number of nitro groups is 1. The van der Waals surface area contributed by atoms with Gasteiger partial charge in [0.25, 0.3) is 5.69 Å². The molecule has 0 N–H and O–H groups in total. The molecule has 22 heavy (non-hydrogen) atoms. The number of hydrogen-bond donors (Lipinski definition) is 0. The zero-order valence-corrected chi connectivity index (χ0v) is 13.3. The monoisotopic (exact) mass is 336 g/mol. The number of carbonyl (C=O) groups is 1. The summed E-state index contributed by atoms with van der Waals surface area (Å²) in [4.78, 5) is 24.7. The SMILES string of the molecule is CN(Cc1ccc(Cl)s1)C(=O)/C=C/c1ccc([N+](=O)[O-])cc1. The zero-order valence-electron chi connectivity index (χ0n) is 11.7. The van der Waals surface area contributed by atoms with Crippen LogP contribution in [0.3, 0.4) is 0 Å². The molecule has 114 valence electrons. The van der Waals surface area contributed by atoms with Crippen molar-refractivity contribution in [3.63, 3.8) is 0 Å². The predicted octanol–water partition coefficient (Wildman–Crippen LogP) is 3.98. The Bertz CT molecular complexity index is 710. The number of hydrogen-bond acceptors (Lipinski definition) is 4. The summed E-state index contributed by atoms with van der Waals surface area (Å²) in [5, 5.41) is 10.6. The first-order valence-corrected chi connectivity index (χ1v) is 7.57. The van der Waals surface area contributed by atoms with E-state index in [1.165, 1.54) is 29.5 Å². The molecule has 2 aromatic rings. The molecule has 0 radical (unpaired) electrons. The van der Waals surface area contributed by atoms with E-state index in [9.17, 15) is 14.9 Å². The van der Waals surface area contributed by atoms with Gasteiger partial charge in [-0.25, -0.2) is 0 Å². The number of halogens is 1. The number of nitrogens with zero attached hydrogens (tertiary/aromatic N) is 2. The number of likely N-dealkylation sites (N-methyl/N-ethyl adjacent to an activating group) is 1. The first-order chi connectivity index (χ1) is 10.5. The Kier molecular flexibility index (Phi) is 5.30. The van der Waals surface area contributed by atoms with Gasteiger partial charge in [0, 0.05) is 30.1 Å². The fraction of sp³-hybridized carbons (Fsp3) is 0.133. The van der Waals surface area contributed by atoms with Crippen LogP contribution < -0.4 is 0 Å². The van der Waals surface area contributed by atoms with Crippen LogP contribution in [0.2, 0.25) is 4.34 Å². The summed E-state index contributed by atoms with van der Waals surface area (Å²) >= 11 is 7.29. The van der Waals surface area contributed by atoms with Crippen molar-refractivity contribution in [3.05, 3.63) is 67.4 Å². The Hall–Kier alpha value is -2.18. The molecule has 1 heterocycles. The van der Waals surface area contributed by atoms with E-state index < -0.39 is 4.92 Å². The number of nitro benzene ring substituents is 1. The van der Waals surface area contributed by atoms with E-state index in [1.807, 2.05) is 6.07 Å². The molecular weight excluding hydrogens is 324 g/mol. The molecule has 0 aliphatic carbocycles. The van der Waals surface area contributed by atoms with E-state index in [2.05, 4.69) is 0 Å². The lowest BCUT2D eigenvalue weighted by Gasteiger charge is -2.13. The second-order valence-corrected chi connectivity index (χ2v) is 6.38. The third-order valence-corrected chi connectivity index (χ3v) is 4.14. The summed E-state index contributed by atoms with van der Waals surface area (Å²) in [6, 6.07) is 9.69. The molecule has 0 aliphatic rings. The molecule has 7 heteroatoms. The normalized spacial score (nSPS) is 10.8. The van der Waals surface area contributed by atoms with Crippen LogP contribution in [0, 0.1) is 10.1 Å². The second kappa shape index (κ2) is 7.20. The number of benzene rings is 1. The van der Waals surface area contributed by atoms with Crippen LogP contribution in [0.4, 0.5) is 5.69 Å². The summed E-state index contributed by atoms with van der Waals surface area (Å²) in [6.07, 6.45) is 3.07. The smallest absolute Gasteiger partial charge is 0.269 e. The van der Waals surface area contributed by atoms with Gasteiger partial charge < -0.3 is 4.90 Å². The van der Waals surface area contributed by atoms with Gasteiger partial charge in [-0.15, -0.1) is 11.3 Å². The molecule has 1 aromatic heterocycles. The second-order valence-electron chi connectivity index (χ2n) is 4.58. The highest BCUT2D eigenvalue weighted by Gasteiger charge is 2.08. The van der Waals surface area contributed by atoms with Crippen LogP contribution in [0.25, 0.3) is 6.08 Å². The molecule has 0 unspecified atom stereocenters. The van der Waals surface area contributed by atoms with E-state index in [0.717, 1.165) is 10.4 Å².